The summed E-state index contributed by atoms with van der Waals surface area (Å²) in [6.07, 6.45) is 5.59. The van der Waals surface area contributed by atoms with Gasteiger partial charge in [-0.2, -0.15) is 0 Å². The number of nitrogens with zero attached hydrogens (tertiary/aromatic N) is 3. The van der Waals surface area contributed by atoms with E-state index in [1.807, 2.05) is 46.1 Å². The van der Waals surface area contributed by atoms with Crippen LogP contribution in [-0.2, 0) is 0 Å². The van der Waals surface area contributed by atoms with Crippen molar-refractivity contribution < 1.29 is 4.79 Å². The molecule has 0 radical (unpaired) electrons. The van der Waals surface area contributed by atoms with Gasteiger partial charge in [-0.1, -0.05) is 43.8 Å². The van der Waals surface area contributed by atoms with E-state index < -0.39 is 0 Å². The van der Waals surface area contributed by atoms with Gasteiger partial charge in [0.1, 0.15) is 5.69 Å². The highest BCUT2D eigenvalue weighted by Gasteiger charge is 2.21. The molecule has 4 nitrogen and oxygen atoms in total. The summed E-state index contributed by atoms with van der Waals surface area (Å²) >= 11 is 1.55. The van der Waals surface area contributed by atoms with E-state index in [1.54, 1.807) is 18.0 Å². The first-order valence-corrected chi connectivity index (χ1v) is 8.91. The first-order valence-electron chi connectivity index (χ1n) is 7.69. The number of benzene rings is 1. The van der Waals surface area contributed by atoms with Crippen LogP contribution in [0.1, 0.15) is 37.2 Å². The molecular formula is C17H23N3OS. The van der Waals surface area contributed by atoms with Crippen LogP contribution < -0.4 is 0 Å². The number of para-hydroxylation sites is 1. The lowest BCUT2D eigenvalue weighted by atomic mass is 10.2. The molecule has 0 saturated heterocycles. The first-order chi connectivity index (χ1) is 10.7. The van der Waals surface area contributed by atoms with Crippen LogP contribution in [0.5, 0.6) is 0 Å². The molecule has 2 aromatic rings. The molecule has 118 valence electrons. The van der Waals surface area contributed by atoms with Gasteiger partial charge in [0.05, 0.1) is 6.20 Å². The van der Waals surface area contributed by atoms with E-state index in [9.17, 15) is 4.79 Å². The number of amides is 1. The Balaban J connectivity index is 2.43. The Hall–Kier alpha value is -1.75. The van der Waals surface area contributed by atoms with Crippen molar-refractivity contribution in [2.75, 3.05) is 19.3 Å². The van der Waals surface area contributed by atoms with Crippen LogP contribution in [0.15, 0.2) is 41.7 Å². The molecule has 1 heterocycles. The van der Waals surface area contributed by atoms with Crippen molar-refractivity contribution >= 4 is 17.7 Å². The zero-order valence-electron chi connectivity index (χ0n) is 13.5. The highest BCUT2D eigenvalue weighted by Crippen LogP contribution is 2.22. The van der Waals surface area contributed by atoms with E-state index >= 15 is 0 Å². The lowest BCUT2D eigenvalue weighted by Crippen LogP contribution is -2.33. The summed E-state index contributed by atoms with van der Waals surface area (Å²) in [5.41, 5.74) is 1.61. The van der Waals surface area contributed by atoms with Crippen molar-refractivity contribution in [1.29, 1.82) is 0 Å². The molecule has 0 saturated carbocycles. The normalized spacial score (nSPS) is 10.7. The third-order valence-corrected chi connectivity index (χ3v) is 4.07. The summed E-state index contributed by atoms with van der Waals surface area (Å²) in [4.78, 5) is 19.2. The second-order valence-electron chi connectivity index (χ2n) is 5.09. The highest BCUT2D eigenvalue weighted by molar-refractivity contribution is 7.98. The predicted molar refractivity (Wildman–Crippen MR) is 91.8 cm³/mol. The molecule has 1 aromatic carbocycles. The van der Waals surface area contributed by atoms with E-state index in [2.05, 4.69) is 18.8 Å². The highest BCUT2D eigenvalue weighted by atomic mass is 32.2. The maximum absolute atomic E-state index is 12.9. The molecular weight excluding hydrogens is 294 g/mol. The molecule has 1 aromatic heterocycles. The van der Waals surface area contributed by atoms with Gasteiger partial charge < -0.3 is 4.90 Å². The van der Waals surface area contributed by atoms with E-state index in [-0.39, 0.29) is 5.91 Å². The Morgan fingerprint density at radius 1 is 1.18 bits per heavy atom. The van der Waals surface area contributed by atoms with Gasteiger partial charge in [0, 0.05) is 18.8 Å². The van der Waals surface area contributed by atoms with Crippen LogP contribution in [0, 0.1) is 0 Å². The standard InChI is InChI=1S/C17H23N3OS/c1-4-11-19(12-5-2)16(21)15-13-18-17(22-3)20(15)14-9-7-6-8-10-14/h6-10,13H,4-5,11-12H2,1-3H3. The Bertz CT molecular complexity index is 604. The van der Waals surface area contributed by atoms with Gasteiger partial charge in [0.2, 0.25) is 0 Å². The summed E-state index contributed by atoms with van der Waals surface area (Å²) in [5.74, 6) is 0.0559. The lowest BCUT2D eigenvalue weighted by molar-refractivity contribution is 0.0747. The minimum atomic E-state index is 0.0559. The van der Waals surface area contributed by atoms with E-state index in [1.165, 1.54) is 0 Å². The van der Waals surface area contributed by atoms with E-state index in [4.69, 9.17) is 0 Å². The average Bonchev–Trinajstić information content (AvgIpc) is 2.98. The molecule has 5 heteroatoms. The maximum atomic E-state index is 12.9. The summed E-state index contributed by atoms with van der Waals surface area (Å²) in [6, 6.07) is 9.93. The van der Waals surface area contributed by atoms with Gasteiger partial charge in [-0.05, 0) is 31.2 Å². The maximum Gasteiger partial charge on any atom is 0.272 e. The smallest absolute Gasteiger partial charge is 0.272 e. The number of rotatable bonds is 7. The Kier molecular flexibility index (Phi) is 6.07. The fourth-order valence-electron chi connectivity index (χ4n) is 2.47. The van der Waals surface area contributed by atoms with Gasteiger partial charge >= 0.3 is 0 Å². The quantitative estimate of drug-likeness (QED) is 0.728. The summed E-state index contributed by atoms with van der Waals surface area (Å²) in [5, 5.41) is 0.836. The number of hydrogen-bond donors (Lipinski definition) is 0. The van der Waals surface area contributed by atoms with Gasteiger partial charge in [-0.3, -0.25) is 9.36 Å². The molecule has 0 spiro atoms. The zero-order valence-corrected chi connectivity index (χ0v) is 14.3. The van der Waals surface area contributed by atoms with Crippen LogP contribution >= 0.6 is 11.8 Å². The second kappa shape index (κ2) is 8.03. The monoisotopic (exact) mass is 317 g/mol. The summed E-state index contributed by atoms with van der Waals surface area (Å²) in [6.45, 7) is 5.75. The van der Waals surface area contributed by atoms with Crippen molar-refractivity contribution in [3.63, 3.8) is 0 Å². The molecule has 1 amide bonds. The number of imidazole rings is 1. The molecule has 0 unspecified atom stereocenters. The van der Waals surface area contributed by atoms with Gasteiger partial charge in [-0.15, -0.1) is 0 Å². The van der Waals surface area contributed by atoms with Crippen molar-refractivity contribution in [1.82, 2.24) is 14.5 Å². The van der Waals surface area contributed by atoms with Gasteiger partial charge in [0.25, 0.3) is 5.91 Å². The fourth-order valence-corrected chi connectivity index (χ4v) is 3.02. The Morgan fingerprint density at radius 3 is 2.36 bits per heavy atom. The minimum Gasteiger partial charge on any atom is -0.337 e. The summed E-state index contributed by atoms with van der Waals surface area (Å²) in [7, 11) is 0. The van der Waals surface area contributed by atoms with Gasteiger partial charge in [0.15, 0.2) is 5.16 Å². The predicted octanol–water partition coefficient (Wildman–Crippen LogP) is 3.86. The molecule has 22 heavy (non-hydrogen) atoms. The van der Waals surface area contributed by atoms with Crippen LogP contribution in [-0.4, -0.2) is 39.7 Å². The van der Waals surface area contributed by atoms with Crippen LogP contribution in [0.3, 0.4) is 0 Å². The van der Waals surface area contributed by atoms with Crippen LogP contribution in [0.25, 0.3) is 5.69 Å². The second-order valence-corrected chi connectivity index (χ2v) is 5.87. The molecule has 0 fully saturated rings. The molecule has 0 aliphatic rings. The van der Waals surface area contributed by atoms with E-state index in [0.29, 0.717) is 5.69 Å². The van der Waals surface area contributed by atoms with Crippen LogP contribution in [0.2, 0.25) is 0 Å². The van der Waals surface area contributed by atoms with Crippen molar-refractivity contribution in [2.45, 2.75) is 31.8 Å². The third kappa shape index (κ3) is 3.53. The molecule has 0 atom stereocenters. The molecule has 2 rings (SSSR count). The van der Waals surface area contributed by atoms with Crippen LogP contribution in [0.4, 0.5) is 0 Å². The topological polar surface area (TPSA) is 38.1 Å². The number of thioether (sulfide) groups is 1. The molecule has 0 aliphatic carbocycles. The average molecular weight is 317 g/mol. The van der Waals surface area contributed by atoms with Crippen molar-refractivity contribution in [3.8, 4) is 5.69 Å². The third-order valence-electron chi connectivity index (χ3n) is 3.42. The number of carbonyl (C=O) groups is 1. The molecule has 0 N–H and O–H groups in total. The number of aromatic nitrogens is 2. The zero-order chi connectivity index (χ0) is 15.9. The Labute approximate surface area is 136 Å². The van der Waals surface area contributed by atoms with Crippen molar-refractivity contribution in [2.24, 2.45) is 0 Å². The first kappa shape index (κ1) is 16.6. The largest absolute Gasteiger partial charge is 0.337 e. The van der Waals surface area contributed by atoms with Gasteiger partial charge in [-0.25, -0.2) is 4.98 Å². The minimum absolute atomic E-state index is 0.0559. The molecule has 0 aliphatic heterocycles. The SMILES string of the molecule is CCCN(CCC)C(=O)c1cnc(SC)n1-c1ccccc1. The number of hydrogen-bond acceptors (Lipinski definition) is 3. The fraction of sp³-hybridized carbons (Fsp3) is 0.412. The summed E-state index contributed by atoms with van der Waals surface area (Å²) < 4.78 is 1.95. The number of carbonyl (C=O) groups excluding carboxylic acids is 1. The Morgan fingerprint density at radius 2 is 1.82 bits per heavy atom. The van der Waals surface area contributed by atoms with E-state index in [0.717, 1.165) is 36.8 Å². The molecule has 0 bridgehead atoms. The van der Waals surface area contributed by atoms with Crippen molar-refractivity contribution in [3.05, 3.63) is 42.2 Å². The lowest BCUT2D eigenvalue weighted by Gasteiger charge is -2.22.